The third-order valence-corrected chi connectivity index (χ3v) is 4.68. The molecule has 1 saturated heterocycles. The van der Waals surface area contributed by atoms with E-state index in [0.29, 0.717) is 5.69 Å². The Morgan fingerprint density at radius 3 is 2.74 bits per heavy atom. The second-order valence-electron chi connectivity index (χ2n) is 6.57. The molecule has 1 atom stereocenters. The van der Waals surface area contributed by atoms with Crippen molar-refractivity contribution in [1.82, 2.24) is 30.7 Å². The van der Waals surface area contributed by atoms with Crippen molar-refractivity contribution in [3.05, 3.63) is 41.9 Å². The first-order chi connectivity index (χ1) is 13.0. The number of hydrogen-bond acceptors (Lipinski definition) is 6. The Bertz CT molecular complexity index is 875. The van der Waals surface area contributed by atoms with Gasteiger partial charge < -0.3 is 20.5 Å². The highest BCUT2D eigenvalue weighted by Gasteiger charge is 2.32. The first kappa shape index (κ1) is 17.7. The number of carbonyl (C=O) groups is 1. The molecular weight excluding hydrogens is 356 g/mol. The van der Waals surface area contributed by atoms with Crippen LogP contribution in [0.5, 0.6) is 0 Å². The number of alkyl halides is 2. The molecule has 2 aromatic rings. The minimum absolute atomic E-state index is 0.130. The molecule has 2 aliphatic heterocycles. The Morgan fingerprint density at radius 2 is 2.00 bits per heavy atom. The number of aromatic nitrogens is 2. The predicted octanol–water partition coefficient (Wildman–Crippen LogP) is 0.399. The SMILES string of the molecule is CN1C=C(NC(=O)c2ccc3ccc(N4CCNCC4)nn23)C(C(F)F)N1. The summed E-state index contributed by atoms with van der Waals surface area (Å²) in [4.78, 5) is 14.9. The van der Waals surface area contributed by atoms with E-state index in [1.165, 1.54) is 11.2 Å². The molecule has 0 aliphatic carbocycles. The molecule has 1 fully saturated rings. The maximum Gasteiger partial charge on any atom is 0.274 e. The molecule has 4 heterocycles. The number of hydrazine groups is 1. The molecule has 0 radical (unpaired) electrons. The lowest BCUT2D eigenvalue weighted by molar-refractivity contribution is 0.0878. The largest absolute Gasteiger partial charge is 0.353 e. The van der Waals surface area contributed by atoms with Crippen LogP contribution in [-0.2, 0) is 0 Å². The Hall–Kier alpha value is -2.72. The highest BCUT2D eigenvalue weighted by Crippen LogP contribution is 2.18. The molecule has 3 N–H and O–H groups in total. The summed E-state index contributed by atoms with van der Waals surface area (Å²) in [5.41, 5.74) is 3.78. The van der Waals surface area contributed by atoms with Crippen LogP contribution in [0.2, 0.25) is 0 Å². The van der Waals surface area contributed by atoms with Gasteiger partial charge in [0.2, 0.25) is 0 Å². The molecule has 8 nitrogen and oxygen atoms in total. The maximum atomic E-state index is 13.2. The lowest BCUT2D eigenvalue weighted by Crippen LogP contribution is -2.44. The molecule has 0 bridgehead atoms. The quantitative estimate of drug-likeness (QED) is 0.716. The zero-order valence-corrected chi connectivity index (χ0v) is 14.8. The fourth-order valence-electron chi connectivity index (χ4n) is 3.32. The molecule has 0 saturated carbocycles. The molecule has 4 rings (SSSR count). The summed E-state index contributed by atoms with van der Waals surface area (Å²) >= 11 is 0. The van der Waals surface area contributed by atoms with Gasteiger partial charge in [-0.05, 0) is 24.3 Å². The van der Waals surface area contributed by atoms with E-state index in [4.69, 9.17) is 0 Å². The van der Waals surface area contributed by atoms with E-state index in [2.05, 4.69) is 26.1 Å². The molecule has 10 heteroatoms. The molecular formula is C17H21F2N7O. The summed E-state index contributed by atoms with van der Waals surface area (Å²) in [5, 5.41) is 11.9. The normalized spacial score (nSPS) is 20.4. The highest BCUT2D eigenvalue weighted by molar-refractivity contribution is 5.95. The van der Waals surface area contributed by atoms with E-state index < -0.39 is 18.4 Å². The van der Waals surface area contributed by atoms with Crippen LogP contribution in [0.1, 0.15) is 10.5 Å². The minimum atomic E-state index is -2.64. The van der Waals surface area contributed by atoms with Gasteiger partial charge in [-0.25, -0.2) is 18.7 Å². The number of fused-ring (bicyclic) bond motifs is 1. The summed E-state index contributed by atoms with van der Waals surface area (Å²) in [6, 6.07) is 6.00. The van der Waals surface area contributed by atoms with Gasteiger partial charge in [-0.1, -0.05) is 0 Å². The van der Waals surface area contributed by atoms with Crippen molar-refractivity contribution in [2.75, 3.05) is 38.1 Å². The van der Waals surface area contributed by atoms with Crippen molar-refractivity contribution < 1.29 is 13.6 Å². The van der Waals surface area contributed by atoms with Crippen molar-refractivity contribution in [3.63, 3.8) is 0 Å². The summed E-state index contributed by atoms with van der Waals surface area (Å²) in [5.74, 6) is 0.301. The average molecular weight is 377 g/mol. The van der Waals surface area contributed by atoms with Crippen LogP contribution in [0.25, 0.3) is 5.52 Å². The van der Waals surface area contributed by atoms with Gasteiger partial charge in [0.1, 0.15) is 17.6 Å². The number of hydrogen-bond donors (Lipinski definition) is 3. The first-order valence-electron chi connectivity index (χ1n) is 8.77. The summed E-state index contributed by atoms with van der Waals surface area (Å²) in [7, 11) is 1.60. The Kier molecular flexibility index (Phi) is 4.66. The number of nitrogens with zero attached hydrogens (tertiary/aromatic N) is 4. The van der Waals surface area contributed by atoms with Crippen LogP contribution < -0.4 is 21.0 Å². The third-order valence-electron chi connectivity index (χ3n) is 4.68. The topological polar surface area (TPSA) is 76.9 Å². The van der Waals surface area contributed by atoms with Gasteiger partial charge in [-0.15, -0.1) is 5.10 Å². The van der Waals surface area contributed by atoms with Gasteiger partial charge in [-0.2, -0.15) is 0 Å². The second kappa shape index (κ2) is 7.12. The van der Waals surface area contributed by atoms with Gasteiger partial charge >= 0.3 is 0 Å². The summed E-state index contributed by atoms with van der Waals surface area (Å²) in [6.45, 7) is 3.43. The number of amides is 1. The number of carbonyl (C=O) groups excluding carboxylic acids is 1. The smallest absolute Gasteiger partial charge is 0.274 e. The van der Waals surface area contributed by atoms with Crippen molar-refractivity contribution in [3.8, 4) is 0 Å². The molecule has 2 aliphatic rings. The Morgan fingerprint density at radius 1 is 1.26 bits per heavy atom. The van der Waals surface area contributed by atoms with Crippen LogP contribution in [0.15, 0.2) is 36.2 Å². The highest BCUT2D eigenvalue weighted by atomic mass is 19.3. The molecule has 0 aromatic carbocycles. The van der Waals surface area contributed by atoms with Gasteiger partial charge in [0.25, 0.3) is 12.3 Å². The number of nitrogens with one attached hydrogen (secondary N) is 3. The Balaban J connectivity index is 1.59. The van der Waals surface area contributed by atoms with Crippen molar-refractivity contribution in [2.24, 2.45) is 0 Å². The number of halogens is 2. The first-order valence-corrected chi connectivity index (χ1v) is 8.77. The summed E-state index contributed by atoms with van der Waals surface area (Å²) < 4.78 is 27.9. The Labute approximate surface area is 154 Å². The van der Waals surface area contributed by atoms with Crippen molar-refractivity contribution in [1.29, 1.82) is 0 Å². The van der Waals surface area contributed by atoms with Crippen molar-refractivity contribution >= 4 is 17.2 Å². The standard InChI is InChI=1S/C17H21F2N7O/c1-24-10-12(15(23-24)16(18)19)21-17(27)13-4-2-11-3-5-14(22-26(11)13)25-8-6-20-7-9-25/h2-5,10,15-16,20,23H,6-9H2,1H3,(H,21,27). The molecule has 1 unspecified atom stereocenters. The van der Waals surface area contributed by atoms with Crippen LogP contribution in [0.4, 0.5) is 14.6 Å². The van der Waals surface area contributed by atoms with Gasteiger partial charge in [0.05, 0.1) is 11.2 Å². The van der Waals surface area contributed by atoms with E-state index in [1.807, 2.05) is 12.1 Å². The van der Waals surface area contributed by atoms with Gasteiger partial charge in [0, 0.05) is 39.4 Å². The van der Waals surface area contributed by atoms with E-state index in [0.717, 1.165) is 37.5 Å². The molecule has 144 valence electrons. The van der Waals surface area contributed by atoms with E-state index in [-0.39, 0.29) is 5.70 Å². The van der Waals surface area contributed by atoms with Gasteiger partial charge in [-0.3, -0.25) is 4.79 Å². The molecule has 0 spiro atoms. The van der Waals surface area contributed by atoms with E-state index in [9.17, 15) is 13.6 Å². The minimum Gasteiger partial charge on any atom is -0.353 e. The fourth-order valence-corrected chi connectivity index (χ4v) is 3.32. The molecule has 2 aromatic heterocycles. The average Bonchev–Trinajstić information content (AvgIpc) is 3.25. The van der Waals surface area contributed by atoms with Crippen LogP contribution in [0, 0.1) is 0 Å². The maximum absolute atomic E-state index is 13.2. The third kappa shape index (κ3) is 3.45. The fraction of sp³-hybridized carbons (Fsp3) is 0.412. The van der Waals surface area contributed by atoms with E-state index in [1.54, 1.807) is 23.7 Å². The number of anilines is 1. The number of rotatable bonds is 4. The lowest BCUT2D eigenvalue weighted by Gasteiger charge is -2.28. The number of piperazine rings is 1. The van der Waals surface area contributed by atoms with Crippen LogP contribution in [0.3, 0.4) is 0 Å². The lowest BCUT2D eigenvalue weighted by atomic mass is 10.2. The zero-order valence-electron chi connectivity index (χ0n) is 14.8. The van der Waals surface area contributed by atoms with Crippen LogP contribution >= 0.6 is 0 Å². The second-order valence-corrected chi connectivity index (χ2v) is 6.57. The van der Waals surface area contributed by atoms with Crippen molar-refractivity contribution in [2.45, 2.75) is 12.5 Å². The van der Waals surface area contributed by atoms with E-state index >= 15 is 0 Å². The zero-order chi connectivity index (χ0) is 19.0. The van der Waals surface area contributed by atoms with Gasteiger partial charge in [0.15, 0.2) is 0 Å². The molecule has 27 heavy (non-hydrogen) atoms. The molecule has 1 amide bonds. The predicted molar refractivity (Wildman–Crippen MR) is 96.5 cm³/mol. The summed E-state index contributed by atoms with van der Waals surface area (Å²) in [6.07, 6.45) is -1.19. The monoisotopic (exact) mass is 377 g/mol. The van der Waals surface area contributed by atoms with Crippen LogP contribution in [-0.4, -0.2) is 66.2 Å².